The van der Waals surface area contributed by atoms with Gasteiger partial charge in [0.1, 0.15) is 30.5 Å². The van der Waals surface area contributed by atoms with Crippen LogP contribution in [0.15, 0.2) is 12.7 Å². The SMILES string of the molecule is C=CC[C@@H](C=O)C(=O)[C@H](CCC(=O)O)NC(=O)[C@H](CCC(=O)O)NC(=O)[C@H](CCSC)NC(=O)[C@H](CCC(=O)O)NC(=O)[C@H](CC(=O)O)NC(=O)CCC(=O)O. The van der Waals surface area contributed by atoms with Gasteiger partial charge in [0.15, 0.2) is 5.78 Å². The van der Waals surface area contributed by atoms with Crippen LogP contribution in [0.25, 0.3) is 0 Å². The van der Waals surface area contributed by atoms with Crippen LogP contribution in [0.1, 0.15) is 70.6 Å². The molecule has 0 fully saturated rings. The highest BCUT2D eigenvalue weighted by molar-refractivity contribution is 7.98. The molecule has 0 heterocycles. The summed E-state index contributed by atoms with van der Waals surface area (Å²) in [5, 5.41) is 56.8. The molecule has 0 aromatic rings. The van der Waals surface area contributed by atoms with Crippen LogP contribution in [0, 0.1) is 5.92 Å². The van der Waals surface area contributed by atoms with Gasteiger partial charge in [-0.05, 0) is 44.1 Å². The summed E-state index contributed by atoms with van der Waals surface area (Å²) < 4.78 is 0. The first-order valence-electron chi connectivity index (χ1n) is 16.9. The Hall–Kier alpha value is -5.87. The zero-order chi connectivity index (χ0) is 43.0. The average molecular weight is 818 g/mol. The van der Waals surface area contributed by atoms with Crippen molar-refractivity contribution in [3.63, 3.8) is 0 Å². The Kier molecular flexibility index (Phi) is 24.0. The number of nitrogens with one attached hydrogen (secondary N) is 5. The number of Topliss-reactive ketones (excluding diaryl/α,β-unsaturated/α-hetero) is 1. The first-order chi connectivity index (χ1) is 26.2. The van der Waals surface area contributed by atoms with Crippen molar-refractivity contribution >= 4 is 83.2 Å². The summed E-state index contributed by atoms with van der Waals surface area (Å²) in [5.41, 5.74) is 0. The van der Waals surface area contributed by atoms with Crippen LogP contribution in [0.3, 0.4) is 0 Å². The van der Waals surface area contributed by atoms with Gasteiger partial charge in [-0.15, -0.1) is 6.58 Å². The van der Waals surface area contributed by atoms with E-state index >= 15 is 0 Å². The van der Waals surface area contributed by atoms with Gasteiger partial charge in [0, 0.05) is 25.7 Å². The predicted octanol–water partition coefficient (Wildman–Crippen LogP) is -1.94. The van der Waals surface area contributed by atoms with E-state index in [0.717, 1.165) is 0 Å². The van der Waals surface area contributed by atoms with Gasteiger partial charge in [-0.25, -0.2) is 0 Å². The fourth-order valence-corrected chi connectivity index (χ4v) is 5.24. The molecule has 312 valence electrons. The Morgan fingerprint density at radius 2 is 0.929 bits per heavy atom. The Balaban J connectivity index is 6.45. The average Bonchev–Trinajstić information content (AvgIpc) is 3.11. The summed E-state index contributed by atoms with van der Waals surface area (Å²) in [6.07, 6.45) is -3.16. The van der Waals surface area contributed by atoms with E-state index in [-0.39, 0.29) is 24.9 Å². The molecule has 6 atom stereocenters. The second kappa shape index (κ2) is 26.8. The van der Waals surface area contributed by atoms with Gasteiger partial charge in [0.25, 0.3) is 0 Å². The van der Waals surface area contributed by atoms with Crippen molar-refractivity contribution in [3.05, 3.63) is 12.7 Å². The van der Waals surface area contributed by atoms with Crippen molar-refractivity contribution in [1.29, 1.82) is 0 Å². The van der Waals surface area contributed by atoms with E-state index in [1.165, 1.54) is 17.8 Å². The van der Waals surface area contributed by atoms with E-state index < -0.39 is 159 Å². The summed E-state index contributed by atoms with van der Waals surface area (Å²) in [6.45, 7) is 3.44. The zero-order valence-corrected chi connectivity index (χ0v) is 31.2. The minimum atomic E-state index is -1.84. The molecule has 0 aromatic carbocycles. The van der Waals surface area contributed by atoms with E-state index in [1.54, 1.807) is 6.26 Å². The van der Waals surface area contributed by atoms with E-state index in [1.807, 2.05) is 5.32 Å². The third kappa shape index (κ3) is 21.1. The van der Waals surface area contributed by atoms with Crippen molar-refractivity contribution in [2.75, 3.05) is 12.0 Å². The lowest BCUT2D eigenvalue weighted by molar-refractivity contribution is -0.142. The predicted molar refractivity (Wildman–Crippen MR) is 192 cm³/mol. The Labute approximate surface area is 324 Å². The zero-order valence-electron chi connectivity index (χ0n) is 30.4. The molecule has 0 bridgehead atoms. The van der Waals surface area contributed by atoms with Gasteiger partial charge >= 0.3 is 29.8 Å². The van der Waals surface area contributed by atoms with Crippen LogP contribution in [-0.2, 0) is 57.5 Å². The second-order valence-electron chi connectivity index (χ2n) is 12.1. The Morgan fingerprint density at radius 3 is 1.30 bits per heavy atom. The molecule has 23 heteroatoms. The molecule has 5 amide bonds. The maximum Gasteiger partial charge on any atom is 0.305 e. The van der Waals surface area contributed by atoms with Crippen molar-refractivity contribution in [2.45, 2.75) is 101 Å². The molecule has 0 aliphatic heterocycles. The molecule has 0 saturated heterocycles. The molecule has 0 aliphatic carbocycles. The smallest absolute Gasteiger partial charge is 0.305 e. The molecule has 0 unspecified atom stereocenters. The first-order valence-corrected chi connectivity index (χ1v) is 18.3. The Bertz CT molecular complexity index is 1490. The molecule has 0 radical (unpaired) electrons. The summed E-state index contributed by atoms with van der Waals surface area (Å²) in [7, 11) is 0. The molecular formula is C33H47N5O17S. The van der Waals surface area contributed by atoms with E-state index in [0.29, 0.717) is 0 Å². The highest BCUT2D eigenvalue weighted by Crippen LogP contribution is 2.12. The summed E-state index contributed by atoms with van der Waals surface area (Å²) >= 11 is 1.21. The fraction of sp³-hybridized carbons (Fsp3) is 0.576. The number of carbonyl (C=O) groups excluding carboxylic acids is 7. The highest BCUT2D eigenvalue weighted by Gasteiger charge is 2.34. The number of carboxylic acids is 5. The number of hydrogen-bond donors (Lipinski definition) is 10. The number of aldehydes is 1. The van der Waals surface area contributed by atoms with Crippen LogP contribution >= 0.6 is 11.8 Å². The number of ketones is 1. The van der Waals surface area contributed by atoms with Crippen LogP contribution in [0.4, 0.5) is 0 Å². The first kappa shape index (κ1) is 50.1. The minimum Gasteiger partial charge on any atom is -0.481 e. The van der Waals surface area contributed by atoms with E-state index in [4.69, 9.17) is 10.2 Å². The van der Waals surface area contributed by atoms with Crippen molar-refractivity contribution in [2.24, 2.45) is 5.92 Å². The third-order valence-electron chi connectivity index (χ3n) is 7.66. The molecule has 56 heavy (non-hydrogen) atoms. The van der Waals surface area contributed by atoms with Crippen LogP contribution in [0.2, 0.25) is 0 Å². The van der Waals surface area contributed by atoms with Gasteiger partial charge in [-0.1, -0.05) is 6.08 Å². The van der Waals surface area contributed by atoms with Crippen molar-refractivity contribution in [1.82, 2.24) is 26.6 Å². The van der Waals surface area contributed by atoms with Gasteiger partial charge < -0.3 is 56.9 Å². The molecule has 10 N–H and O–H groups in total. The molecule has 0 spiro atoms. The lowest BCUT2D eigenvalue weighted by Gasteiger charge is -2.27. The van der Waals surface area contributed by atoms with Gasteiger partial charge in [0.05, 0.1) is 24.8 Å². The Morgan fingerprint density at radius 1 is 0.536 bits per heavy atom. The monoisotopic (exact) mass is 817 g/mol. The molecule has 0 aromatic heterocycles. The quantitative estimate of drug-likeness (QED) is 0.0207. The summed E-state index contributed by atoms with van der Waals surface area (Å²) in [6, 6.07) is -8.41. The number of hydrogen-bond acceptors (Lipinski definition) is 13. The standard InChI is InChI=1S/C33H47N5O17S/c1-3-4-17(16-39)29(51)18(5-9-24(41)42)35-30(52)19(6-10-25(43)44)36-32(54)21(13-14-56-2)38-31(53)20(7-11-26(45)46)37-33(55)22(15-28(49)50)34-23(40)8-12-27(47)48/h3,16-22H,1,4-15H2,2H3,(H,34,40)(H,35,52)(H,36,54)(H,37,55)(H,38,53)(H,41,42)(H,43,44)(H,45,46)(H,47,48)(H,49,50)/t17-,18-,19-,20-,21-,22-/m0/s1. The van der Waals surface area contributed by atoms with E-state index in [2.05, 4.69) is 27.8 Å². The van der Waals surface area contributed by atoms with Crippen LogP contribution in [0.5, 0.6) is 0 Å². The maximum absolute atomic E-state index is 13.6. The molecule has 22 nitrogen and oxygen atoms in total. The van der Waals surface area contributed by atoms with Crippen LogP contribution in [-0.4, -0.2) is 139 Å². The number of carboxylic acid groups (broad SMARTS) is 5. The third-order valence-corrected chi connectivity index (χ3v) is 8.30. The number of allylic oxidation sites excluding steroid dienone is 1. The largest absolute Gasteiger partial charge is 0.481 e. The lowest BCUT2D eigenvalue weighted by Crippen LogP contribution is -2.59. The number of amides is 5. The fourth-order valence-electron chi connectivity index (χ4n) is 4.77. The molecule has 0 aliphatic rings. The number of aliphatic carboxylic acids is 5. The van der Waals surface area contributed by atoms with Crippen molar-refractivity contribution < 1.29 is 83.1 Å². The van der Waals surface area contributed by atoms with Crippen LogP contribution < -0.4 is 26.6 Å². The molecular weight excluding hydrogens is 770 g/mol. The van der Waals surface area contributed by atoms with Gasteiger partial charge in [-0.3, -0.25) is 52.7 Å². The summed E-state index contributed by atoms with van der Waals surface area (Å²) in [5.74, 6) is -14.8. The topological polar surface area (TPSA) is 366 Å². The second-order valence-corrected chi connectivity index (χ2v) is 13.1. The number of carbonyl (C=O) groups is 12. The normalized spacial score (nSPS) is 13.8. The molecule has 0 saturated carbocycles. The maximum atomic E-state index is 13.6. The van der Waals surface area contributed by atoms with Gasteiger partial charge in [0.2, 0.25) is 29.5 Å². The van der Waals surface area contributed by atoms with E-state index in [9.17, 15) is 72.9 Å². The lowest BCUT2D eigenvalue weighted by atomic mass is 9.93. The number of rotatable bonds is 31. The highest BCUT2D eigenvalue weighted by atomic mass is 32.2. The van der Waals surface area contributed by atoms with Crippen molar-refractivity contribution in [3.8, 4) is 0 Å². The molecule has 0 rings (SSSR count). The van der Waals surface area contributed by atoms with Gasteiger partial charge in [-0.2, -0.15) is 11.8 Å². The number of thioether (sulfide) groups is 1. The minimum absolute atomic E-state index is 0.146. The summed E-state index contributed by atoms with van der Waals surface area (Å²) in [4.78, 5) is 147.